The van der Waals surface area contributed by atoms with Crippen LogP contribution in [0.3, 0.4) is 0 Å². The van der Waals surface area contributed by atoms with Gasteiger partial charge in [-0.15, -0.1) is 0 Å². The molecule has 0 heterocycles. The number of benzene rings is 1. The third kappa shape index (κ3) is 2.08. The van der Waals surface area contributed by atoms with Crippen LogP contribution in [0.1, 0.15) is 28.4 Å². The average molecular weight is 179 g/mol. The van der Waals surface area contributed by atoms with Crippen LogP contribution in [-0.4, -0.2) is 11.7 Å². The smallest absolute Gasteiger partial charge is 0.0917 e. The number of aryl methyl sites for hydroxylation is 3. The van der Waals surface area contributed by atoms with Gasteiger partial charge in [0.05, 0.1) is 6.10 Å². The zero-order valence-electron chi connectivity index (χ0n) is 8.46. The Labute approximate surface area is 79.4 Å². The summed E-state index contributed by atoms with van der Waals surface area (Å²) in [6.07, 6.45) is -0.527. The molecule has 3 N–H and O–H groups in total. The molecule has 72 valence electrons. The van der Waals surface area contributed by atoms with Gasteiger partial charge in [-0.05, 0) is 37.5 Å². The Bertz CT molecular complexity index is 284. The summed E-state index contributed by atoms with van der Waals surface area (Å²) in [7, 11) is 0. The molecule has 1 rings (SSSR count). The Kier molecular flexibility index (Phi) is 3.07. The van der Waals surface area contributed by atoms with Gasteiger partial charge >= 0.3 is 0 Å². The van der Waals surface area contributed by atoms with Gasteiger partial charge in [-0.1, -0.05) is 17.7 Å². The monoisotopic (exact) mass is 179 g/mol. The molecule has 1 aromatic rings. The van der Waals surface area contributed by atoms with Crippen molar-refractivity contribution in [3.63, 3.8) is 0 Å². The largest absolute Gasteiger partial charge is 0.387 e. The quantitative estimate of drug-likeness (QED) is 0.724. The van der Waals surface area contributed by atoms with Crippen molar-refractivity contribution in [2.24, 2.45) is 5.73 Å². The normalized spacial score (nSPS) is 13.0. The lowest BCUT2D eigenvalue weighted by Crippen LogP contribution is -2.14. The maximum atomic E-state index is 9.66. The molecule has 13 heavy (non-hydrogen) atoms. The van der Waals surface area contributed by atoms with Gasteiger partial charge in [0, 0.05) is 6.54 Å². The fourth-order valence-corrected chi connectivity index (χ4v) is 1.83. The van der Waals surface area contributed by atoms with Crippen LogP contribution < -0.4 is 5.73 Å². The molecule has 0 aliphatic rings. The SMILES string of the molecule is Cc1cc(C)c([C@@H](O)CN)c(C)c1. The third-order valence-electron chi connectivity index (χ3n) is 2.29. The van der Waals surface area contributed by atoms with Crippen molar-refractivity contribution in [1.29, 1.82) is 0 Å². The van der Waals surface area contributed by atoms with E-state index in [1.807, 2.05) is 13.8 Å². The highest BCUT2D eigenvalue weighted by atomic mass is 16.3. The maximum absolute atomic E-state index is 9.66. The predicted molar refractivity (Wildman–Crippen MR) is 54.7 cm³/mol. The van der Waals surface area contributed by atoms with Gasteiger partial charge in [0.15, 0.2) is 0 Å². The molecule has 0 spiro atoms. The second kappa shape index (κ2) is 3.90. The molecular weight excluding hydrogens is 162 g/mol. The Morgan fingerprint density at radius 3 is 2.08 bits per heavy atom. The Balaban J connectivity index is 3.20. The van der Waals surface area contributed by atoms with Crippen LogP contribution in [0.25, 0.3) is 0 Å². The second-order valence-corrected chi connectivity index (χ2v) is 3.56. The zero-order valence-corrected chi connectivity index (χ0v) is 8.46. The van der Waals surface area contributed by atoms with E-state index < -0.39 is 6.10 Å². The first-order valence-electron chi connectivity index (χ1n) is 4.52. The first kappa shape index (κ1) is 10.2. The van der Waals surface area contributed by atoms with Crippen LogP contribution in [0.4, 0.5) is 0 Å². The van der Waals surface area contributed by atoms with Gasteiger partial charge in [-0.2, -0.15) is 0 Å². The van der Waals surface area contributed by atoms with E-state index in [0.717, 1.165) is 16.7 Å². The lowest BCUT2D eigenvalue weighted by molar-refractivity contribution is 0.185. The molecule has 2 heteroatoms. The first-order valence-corrected chi connectivity index (χ1v) is 4.52. The van der Waals surface area contributed by atoms with Crippen molar-refractivity contribution in [1.82, 2.24) is 0 Å². The topological polar surface area (TPSA) is 46.2 Å². The molecular formula is C11H17NO. The van der Waals surface area contributed by atoms with E-state index in [9.17, 15) is 5.11 Å². The predicted octanol–water partition coefficient (Wildman–Crippen LogP) is 1.60. The summed E-state index contributed by atoms with van der Waals surface area (Å²) >= 11 is 0. The summed E-state index contributed by atoms with van der Waals surface area (Å²) in [6, 6.07) is 4.14. The van der Waals surface area contributed by atoms with Crippen molar-refractivity contribution in [3.8, 4) is 0 Å². The van der Waals surface area contributed by atoms with Crippen LogP contribution in [0.15, 0.2) is 12.1 Å². The van der Waals surface area contributed by atoms with Crippen LogP contribution in [-0.2, 0) is 0 Å². The Morgan fingerprint density at radius 2 is 1.69 bits per heavy atom. The van der Waals surface area contributed by atoms with Gasteiger partial charge in [-0.3, -0.25) is 0 Å². The second-order valence-electron chi connectivity index (χ2n) is 3.56. The molecule has 0 bridgehead atoms. The summed E-state index contributed by atoms with van der Waals surface area (Å²) in [4.78, 5) is 0. The first-order chi connectivity index (χ1) is 6.06. The highest BCUT2D eigenvalue weighted by Crippen LogP contribution is 2.22. The average Bonchev–Trinajstić information content (AvgIpc) is 2.02. The zero-order chi connectivity index (χ0) is 10.0. The minimum atomic E-state index is -0.527. The van der Waals surface area contributed by atoms with Gasteiger partial charge < -0.3 is 10.8 Å². The van der Waals surface area contributed by atoms with E-state index in [1.165, 1.54) is 5.56 Å². The summed E-state index contributed by atoms with van der Waals surface area (Å²) in [5.74, 6) is 0. The molecule has 0 unspecified atom stereocenters. The molecule has 0 saturated carbocycles. The van der Waals surface area contributed by atoms with E-state index in [2.05, 4.69) is 19.1 Å². The summed E-state index contributed by atoms with van der Waals surface area (Å²) in [6.45, 7) is 6.35. The summed E-state index contributed by atoms with van der Waals surface area (Å²) < 4.78 is 0. The van der Waals surface area contributed by atoms with Gasteiger partial charge in [-0.25, -0.2) is 0 Å². The van der Waals surface area contributed by atoms with Crippen LogP contribution in [0.2, 0.25) is 0 Å². The van der Waals surface area contributed by atoms with E-state index >= 15 is 0 Å². The number of aliphatic hydroxyl groups is 1. The van der Waals surface area contributed by atoms with E-state index in [-0.39, 0.29) is 6.54 Å². The third-order valence-corrected chi connectivity index (χ3v) is 2.29. The fourth-order valence-electron chi connectivity index (χ4n) is 1.83. The van der Waals surface area contributed by atoms with Crippen molar-refractivity contribution >= 4 is 0 Å². The number of aliphatic hydroxyl groups excluding tert-OH is 1. The maximum Gasteiger partial charge on any atom is 0.0917 e. The van der Waals surface area contributed by atoms with E-state index in [0.29, 0.717) is 0 Å². The standard InChI is InChI=1S/C11H17NO/c1-7-4-8(2)11(9(3)5-7)10(13)6-12/h4-5,10,13H,6,12H2,1-3H3/t10-/m0/s1. The lowest BCUT2D eigenvalue weighted by atomic mass is 9.96. The molecule has 0 aliphatic carbocycles. The minimum Gasteiger partial charge on any atom is -0.387 e. The Hall–Kier alpha value is -0.860. The number of nitrogens with two attached hydrogens (primary N) is 1. The summed E-state index contributed by atoms with van der Waals surface area (Å²) in [5, 5.41) is 9.66. The van der Waals surface area contributed by atoms with Crippen LogP contribution in [0, 0.1) is 20.8 Å². The lowest BCUT2D eigenvalue weighted by Gasteiger charge is -2.15. The molecule has 2 nitrogen and oxygen atoms in total. The van der Waals surface area contributed by atoms with E-state index in [1.54, 1.807) is 0 Å². The highest BCUT2D eigenvalue weighted by Gasteiger charge is 2.11. The molecule has 0 amide bonds. The van der Waals surface area contributed by atoms with Gasteiger partial charge in [0.2, 0.25) is 0 Å². The fraction of sp³-hybridized carbons (Fsp3) is 0.455. The molecule has 0 fully saturated rings. The van der Waals surface area contributed by atoms with Crippen LogP contribution in [0.5, 0.6) is 0 Å². The van der Waals surface area contributed by atoms with Crippen molar-refractivity contribution in [2.75, 3.05) is 6.54 Å². The van der Waals surface area contributed by atoms with Crippen molar-refractivity contribution in [2.45, 2.75) is 26.9 Å². The minimum absolute atomic E-state index is 0.282. The highest BCUT2D eigenvalue weighted by molar-refractivity contribution is 5.39. The molecule has 0 aromatic heterocycles. The van der Waals surface area contributed by atoms with Gasteiger partial charge in [0.25, 0.3) is 0 Å². The number of hydrogen-bond donors (Lipinski definition) is 2. The number of hydrogen-bond acceptors (Lipinski definition) is 2. The molecule has 0 radical (unpaired) electrons. The van der Waals surface area contributed by atoms with Crippen molar-refractivity contribution in [3.05, 3.63) is 34.4 Å². The molecule has 1 atom stereocenters. The number of rotatable bonds is 2. The summed E-state index contributed by atoms with van der Waals surface area (Å²) in [5.41, 5.74) is 9.88. The van der Waals surface area contributed by atoms with Crippen molar-refractivity contribution < 1.29 is 5.11 Å². The van der Waals surface area contributed by atoms with E-state index in [4.69, 9.17) is 5.73 Å². The molecule has 0 saturated heterocycles. The molecule has 1 aromatic carbocycles. The molecule has 0 aliphatic heterocycles. The Morgan fingerprint density at radius 1 is 1.23 bits per heavy atom. The van der Waals surface area contributed by atoms with Crippen LogP contribution >= 0.6 is 0 Å². The van der Waals surface area contributed by atoms with Gasteiger partial charge in [0.1, 0.15) is 0 Å².